The molecule has 3 nitrogen and oxygen atoms in total. The van der Waals surface area contributed by atoms with Crippen LogP contribution in [0, 0.1) is 6.20 Å². The molecule has 0 saturated heterocycles. The van der Waals surface area contributed by atoms with Crippen molar-refractivity contribution in [1.29, 1.82) is 0 Å². The van der Waals surface area contributed by atoms with Crippen LogP contribution in [0.1, 0.15) is 19.5 Å². The van der Waals surface area contributed by atoms with Crippen molar-refractivity contribution >= 4 is 0 Å². The first-order chi connectivity index (χ1) is 6.08. The number of rotatable bonds is 4. The van der Waals surface area contributed by atoms with E-state index in [4.69, 9.17) is 4.74 Å². The van der Waals surface area contributed by atoms with E-state index in [0.29, 0.717) is 13.2 Å². The van der Waals surface area contributed by atoms with E-state index >= 15 is 0 Å². The summed E-state index contributed by atoms with van der Waals surface area (Å²) in [5.74, 6) is 0. The van der Waals surface area contributed by atoms with Crippen molar-refractivity contribution in [3.63, 3.8) is 0 Å². The molecule has 0 fully saturated rings. The summed E-state index contributed by atoms with van der Waals surface area (Å²) >= 11 is 0. The maximum atomic E-state index is 9.34. The first-order valence-electron chi connectivity index (χ1n) is 4.20. The van der Waals surface area contributed by atoms with Crippen LogP contribution in [0.15, 0.2) is 18.2 Å². The van der Waals surface area contributed by atoms with Crippen LogP contribution in [0.5, 0.6) is 0 Å². The molecule has 1 aromatic rings. The van der Waals surface area contributed by atoms with Gasteiger partial charge in [0.25, 0.3) is 0 Å². The van der Waals surface area contributed by atoms with Crippen molar-refractivity contribution in [2.24, 2.45) is 0 Å². The second-order valence-electron chi connectivity index (χ2n) is 3.56. The highest BCUT2D eigenvalue weighted by Crippen LogP contribution is 2.03. The number of hydrogen-bond donors (Lipinski definition) is 1. The van der Waals surface area contributed by atoms with Crippen molar-refractivity contribution in [3.05, 3.63) is 30.1 Å². The molecule has 0 saturated carbocycles. The van der Waals surface area contributed by atoms with Gasteiger partial charge in [0.1, 0.15) is 0 Å². The molecule has 1 rings (SSSR count). The van der Waals surface area contributed by atoms with E-state index in [2.05, 4.69) is 11.2 Å². The van der Waals surface area contributed by atoms with E-state index < -0.39 is 5.60 Å². The average molecular weight is 180 g/mol. The van der Waals surface area contributed by atoms with Crippen molar-refractivity contribution in [3.8, 4) is 0 Å². The molecule has 1 heterocycles. The number of aromatic nitrogens is 1. The molecule has 0 bridgehead atoms. The summed E-state index contributed by atoms with van der Waals surface area (Å²) in [5, 5.41) is 9.34. The third-order valence-corrected chi connectivity index (χ3v) is 1.37. The molecular formula is C10H14NO2. The second-order valence-corrected chi connectivity index (χ2v) is 3.56. The number of nitrogens with zero attached hydrogens (tertiary/aromatic N) is 1. The predicted molar refractivity (Wildman–Crippen MR) is 49.0 cm³/mol. The monoisotopic (exact) mass is 180 g/mol. The molecule has 71 valence electrons. The maximum absolute atomic E-state index is 9.34. The quantitative estimate of drug-likeness (QED) is 0.756. The molecule has 0 aliphatic carbocycles. The number of ether oxygens (including phenoxy) is 1. The first kappa shape index (κ1) is 10.2. The summed E-state index contributed by atoms with van der Waals surface area (Å²) in [7, 11) is 0. The molecule has 0 atom stereocenters. The molecular weight excluding hydrogens is 166 g/mol. The van der Waals surface area contributed by atoms with E-state index in [9.17, 15) is 5.11 Å². The summed E-state index contributed by atoms with van der Waals surface area (Å²) < 4.78 is 5.25. The molecule has 3 heteroatoms. The topological polar surface area (TPSA) is 42.4 Å². The smallest absolute Gasteiger partial charge is 0.0890 e. The van der Waals surface area contributed by atoms with Crippen LogP contribution < -0.4 is 0 Å². The minimum absolute atomic E-state index is 0.309. The van der Waals surface area contributed by atoms with Crippen molar-refractivity contribution < 1.29 is 9.84 Å². The maximum Gasteiger partial charge on any atom is 0.0890 e. The normalized spacial score (nSPS) is 11.6. The van der Waals surface area contributed by atoms with E-state index in [0.717, 1.165) is 5.69 Å². The molecule has 1 aromatic heterocycles. The van der Waals surface area contributed by atoms with E-state index in [1.807, 2.05) is 12.1 Å². The van der Waals surface area contributed by atoms with Crippen LogP contribution in [0.2, 0.25) is 0 Å². The Kier molecular flexibility index (Phi) is 3.39. The van der Waals surface area contributed by atoms with Gasteiger partial charge in [-0.1, -0.05) is 6.07 Å². The van der Waals surface area contributed by atoms with Crippen LogP contribution in [-0.2, 0) is 11.3 Å². The van der Waals surface area contributed by atoms with Crippen LogP contribution in [0.4, 0.5) is 0 Å². The fourth-order valence-electron chi connectivity index (χ4n) is 0.845. The van der Waals surface area contributed by atoms with Gasteiger partial charge in [0.2, 0.25) is 0 Å². The van der Waals surface area contributed by atoms with Crippen LogP contribution in [0.25, 0.3) is 0 Å². The zero-order chi connectivity index (χ0) is 9.73. The first-order valence-corrected chi connectivity index (χ1v) is 4.20. The predicted octanol–water partition coefficient (Wildman–Crippen LogP) is 1.17. The van der Waals surface area contributed by atoms with Gasteiger partial charge in [0, 0.05) is 0 Å². The Hall–Kier alpha value is -0.930. The van der Waals surface area contributed by atoms with Gasteiger partial charge in [-0.25, -0.2) is 4.98 Å². The van der Waals surface area contributed by atoms with Crippen LogP contribution in [0.3, 0.4) is 0 Å². The van der Waals surface area contributed by atoms with Gasteiger partial charge in [-0.05, 0) is 26.0 Å². The molecule has 0 aliphatic heterocycles. The zero-order valence-corrected chi connectivity index (χ0v) is 7.95. The van der Waals surface area contributed by atoms with E-state index in [1.54, 1.807) is 19.9 Å². The lowest BCUT2D eigenvalue weighted by Crippen LogP contribution is -2.25. The highest BCUT2D eigenvalue weighted by molar-refractivity contribution is 5.01. The van der Waals surface area contributed by atoms with E-state index in [1.165, 1.54) is 0 Å². The Morgan fingerprint density at radius 2 is 2.38 bits per heavy atom. The number of hydrogen-bond acceptors (Lipinski definition) is 3. The molecule has 1 N–H and O–H groups in total. The Bertz CT molecular complexity index is 241. The second kappa shape index (κ2) is 4.35. The van der Waals surface area contributed by atoms with Crippen LogP contribution in [-0.4, -0.2) is 22.3 Å². The van der Waals surface area contributed by atoms with Gasteiger partial charge < -0.3 is 9.84 Å². The Morgan fingerprint density at radius 1 is 1.62 bits per heavy atom. The Balaban J connectivity index is 2.29. The van der Waals surface area contributed by atoms with Crippen molar-refractivity contribution in [2.45, 2.75) is 26.1 Å². The third kappa shape index (κ3) is 4.60. The minimum atomic E-state index is -0.779. The highest BCUT2D eigenvalue weighted by Gasteiger charge is 2.11. The summed E-state index contributed by atoms with van der Waals surface area (Å²) in [4.78, 5) is 3.97. The van der Waals surface area contributed by atoms with Crippen molar-refractivity contribution in [2.75, 3.05) is 6.61 Å². The lowest BCUT2D eigenvalue weighted by Gasteiger charge is -2.16. The van der Waals surface area contributed by atoms with E-state index in [-0.39, 0.29) is 0 Å². The lowest BCUT2D eigenvalue weighted by molar-refractivity contribution is -0.0276. The minimum Gasteiger partial charge on any atom is -0.388 e. The fraction of sp³-hybridized carbons (Fsp3) is 0.500. The molecule has 13 heavy (non-hydrogen) atoms. The van der Waals surface area contributed by atoms with Gasteiger partial charge in [-0.3, -0.25) is 0 Å². The molecule has 0 aromatic carbocycles. The van der Waals surface area contributed by atoms with Gasteiger partial charge in [-0.15, -0.1) is 0 Å². The zero-order valence-electron chi connectivity index (χ0n) is 7.95. The summed E-state index contributed by atoms with van der Waals surface area (Å²) in [6.45, 7) is 4.14. The molecule has 1 radical (unpaired) electrons. The van der Waals surface area contributed by atoms with Gasteiger partial charge in [0.05, 0.1) is 30.7 Å². The number of aliphatic hydroxyl groups is 1. The average Bonchev–Trinajstić information content (AvgIpc) is 2.04. The summed E-state index contributed by atoms with van der Waals surface area (Å²) in [6.07, 6.45) is 2.72. The fourth-order valence-corrected chi connectivity index (χ4v) is 0.845. The highest BCUT2D eigenvalue weighted by atomic mass is 16.5. The van der Waals surface area contributed by atoms with Gasteiger partial charge in [0.15, 0.2) is 0 Å². The van der Waals surface area contributed by atoms with Gasteiger partial charge in [-0.2, -0.15) is 0 Å². The summed E-state index contributed by atoms with van der Waals surface area (Å²) in [5.41, 5.74) is 0.0464. The largest absolute Gasteiger partial charge is 0.388 e. The number of pyridine rings is 1. The standard InChI is InChI=1S/C10H14NO2/c1-10(2,12)8-13-7-9-5-3-4-6-11-9/h3-5,12H,7-8H2,1-2H3. The third-order valence-electron chi connectivity index (χ3n) is 1.37. The molecule has 0 unspecified atom stereocenters. The van der Waals surface area contributed by atoms with Crippen molar-refractivity contribution in [1.82, 2.24) is 4.98 Å². The summed E-state index contributed by atoms with van der Waals surface area (Å²) in [6, 6.07) is 5.45. The molecule has 0 aliphatic rings. The van der Waals surface area contributed by atoms with Gasteiger partial charge >= 0.3 is 0 Å². The lowest BCUT2D eigenvalue weighted by atomic mass is 10.2. The van der Waals surface area contributed by atoms with Crippen LogP contribution >= 0.6 is 0 Å². The Morgan fingerprint density at radius 3 is 2.92 bits per heavy atom. The Labute approximate surface area is 78.4 Å². The molecule has 0 amide bonds. The molecule has 0 spiro atoms. The SMILES string of the molecule is CC(C)(O)COCc1ccc[c]n1.